The van der Waals surface area contributed by atoms with Crippen molar-refractivity contribution in [3.05, 3.63) is 77.7 Å². The van der Waals surface area contributed by atoms with E-state index in [9.17, 15) is 9.59 Å². The van der Waals surface area contributed by atoms with Crippen molar-refractivity contribution in [2.24, 2.45) is 0 Å². The van der Waals surface area contributed by atoms with Gasteiger partial charge >= 0.3 is 0 Å². The number of aromatic nitrogens is 2. The molecule has 0 saturated carbocycles. The molecule has 152 valence electrons. The largest absolute Gasteiger partial charge is 0.366 e. The van der Waals surface area contributed by atoms with Crippen molar-refractivity contribution >= 4 is 17.5 Å². The van der Waals surface area contributed by atoms with Gasteiger partial charge in [-0.1, -0.05) is 48.5 Å². The minimum atomic E-state index is -0.142. The lowest BCUT2D eigenvalue weighted by Gasteiger charge is -2.26. The average Bonchev–Trinajstić information content (AvgIpc) is 2.79. The molecule has 1 amide bonds. The molecule has 30 heavy (non-hydrogen) atoms. The van der Waals surface area contributed by atoms with Gasteiger partial charge in [-0.3, -0.25) is 9.59 Å². The summed E-state index contributed by atoms with van der Waals surface area (Å²) >= 11 is 0. The first kappa shape index (κ1) is 19.8. The summed E-state index contributed by atoms with van der Waals surface area (Å²) < 4.78 is 0. The third kappa shape index (κ3) is 4.38. The first-order valence-corrected chi connectivity index (χ1v) is 10.1. The quantitative estimate of drug-likeness (QED) is 0.704. The molecule has 1 saturated heterocycles. The molecule has 1 aliphatic heterocycles. The second-order valence-corrected chi connectivity index (χ2v) is 7.45. The zero-order chi connectivity index (χ0) is 20.9. The number of piperidine rings is 1. The van der Waals surface area contributed by atoms with Crippen LogP contribution in [0.5, 0.6) is 0 Å². The minimum Gasteiger partial charge on any atom is -0.366 e. The number of carbonyl (C=O) groups excluding carboxylic acids is 2. The number of benzene rings is 2. The van der Waals surface area contributed by atoms with Crippen LogP contribution in [-0.2, 0) is 11.3 Å². The van der Waals surface area contributed by atoms with Gasteiger partial charge in [-0.15, -0.1) is 0 Å². The number of nitrogens with zero attached hydrogens (tertiary/aromatic N) is 3. The normalized spacial score (nSPS) is 13.9. The molecule has 0 aliphatic carbocycles. The van der Waals surface area contributed by atoms with Crippen molar-refractivity contribution in [3.63, 3.8) is 0 Å². The molecule has 0 unspecified atom stereocenters. The number of Topliss-reactive ketones (excluding diaryl/α,β-unsaturated/α-hetero) is 1. The molecule has 2 aromatic carbocycles. The fourth-order valence-electron chi connectivity index (χ4n) is 3.63. The van der Waals surface area contributed by atoms with Crippen LogP contribution in [0.25, 0.3) is 11.1 Å². The van der Waals surface area contributed by atoms with Gasteiger partial charge in [-0.2, -0.15) is 0 Å². The SMILES string of the molecule is Cc1c(NCc2cccc(-c3ccccc3)c2)ncnc1C(=O)N1CCC(=O)CC1. The van der Waals surface area contributed by atoms with E-state index in [1.165, 1.54) is 11.9 Å². The Balaban J connectivity index is 1.48. The molecule has 6 heteroatoms. The second-order valence-electron chi connectivity index (χ2n) is 7.45. The van der Waals surface area contributed by atoms with E-state index in [0.29, 0.717) is 44.0 Å². The van der Waals surface area contributed by atoms with Crippen LogP contribution in [0.3, 0.4) is 0 Å². The van der Waals surface area contributed by atoms with E-state index in [2.05, 4.69) is 45.6 Å². The van der Waals surface area contributed by atoms with E-state index >= 15 is 0 Å². The molecule has 0 spiro atoms. The van der Waals surface area contributed by atoms with E-state index in [0.717, 1.165) is 16.7 Å². The summed E-state index contributed by atoms with van der Waals surface area (Å²) in [7, 11) is 0. The molecule has 1 aromatic heterocycles. The first-order valence-electron chi connectivity index (χ1n) is 10.1. The fourth-order valence-corrected chi connectivity index (χ4v) is 3.63. The Bertz CT molecular complexity index is 1060. The Labute approximate surface area is 176 Å². The number of hydrogen-bond acceptors (Lipinski definition) is 5. The van der Waals surface area contributed by atoms with Gasteiger partial charge in [-0.05, 0) is 29.7 Å². The maximum Gasteiger partial charge on any atom is 0.272 e. The van der Waals surface area contributed by atoms with E-state index in [4.69, 9.17) is 0 Å². The monoisotopic (exact) mass is 400 g/mol. The van der Waals surface area contributed by atoms with Crippen molar-refractivity contribution < 1.29 is 9.59 Å². The summed E-state index contributed by atoms with van der Waals surface area (Å²) in [4.78, 5) is 34.5. The number of rotatable bonds is 5. The molecule has 1 N–H and O–H groups in total. The summed E-state index contributed by atoms with van der Waals surface area (Å²) in [6, 6.07) is 18.6. The highest BCUT2D eigenvalue weighted by Crippen LogP contribution is 2.22. The molecule has 2 heterocycles. The van der Waals surface area contributed by atoms with Crippen LogP contribution in [0.1, 0.15) is 34.5 Å². The van der Waals surface area contributed by atoms with Crippen LogP contribution >= 0.6 is 0 Å². The van der Waals surface area contributed by atoms with Gasteiger partial charge in [-0.25, -0.2) is 9.97 Å². The van der Waals surface area contributed by atoms with Gasteiger partial charge in [0, 0.05) is 38.0 Å². The van der Waals surface area contributed by atoms with Crippen molar-refractivity contribution in [2.45, 2.75) is 26.3 Å². The van der Waals surface area contributed by atoms with Crippen molar-refractivity contribution in [2.75, 3.05) is 18.4 Å². The molecular formula is C24H24N4O2. The van der Waals surface area contributed by atoms with E-state index in [-0.39, 0.29) is 11.7 Å². The molecule has 0 atom stereocenters. The number of carbonyl (C=O) groups is 2. The lowest BCUT2D eigenvalue weighted by atomic mass is 10.0. The van der Waals surface area contributed by atoms with E-state index in [1.807, 2.05) is 31.2 Å². The fraction of sp³-hybridized carbons (Fsp3) is 0.250. The van der Waals surface area contributed by atoms with Gasteiger partial charge in [0.2, 0.25) is 0 Å². The molecule has 1 fully saturated rings. The Morgan fingerprint density at radius 2 is 1.73 bits per heavy atom. The highest BCUT2D eigenvalue weighted by atomic mass is 16.2. The van der Waals surface area contributed by atoms with Gasteiger partial charge in [0.05, 0.1) is 0 Å². The number of ketones is 1. The van der Waals surface area contributed by atoms with Gasteiger partial charge in [0.15, 0.2) is 0 Å². The maximum absolute atomic E-state index is 12.9. The second kappa shape index (κ2) is 8.86. The van der Waals surface area contributed by atoms with Gasteiger partial charge in [0.1, 0.15) is 23.6 Å². The molecule has 3 aromatic rings. The number of nitrogens with one attached hydrogen (secondary N) is 1. The lowest BCUT2D eigenvalue weighted by Crippen LogP contribution is -2.39. The van der Waals surface area contributed by atoms with Crippen molar-refractivity contribution in [1.82, 2.24) is 14.9 Å². The van der Waals surface area contributed by atoms with Crippen LogP contribution < -0.4 is 5.32 Å². The predicted octanol–water partition coefficient (Wildman–Crippen LogP) is 3.87. The standard InChI is InChI=1S/C24H24N4O2/c1-17-22(24(30)28-12-10-21(29)11-13-28)26-16-27-23(17)25-15-18-6-5-9-20(14-18)19-7-3-2-4-8-19/h2-9,14,16H,10-13,15H2,1H3,(H,25,26,27). The van der Waals surface area contributed by atoms with Crippen LogP contribution in [0.4, 0.5) is 5.82 Å². The number of hydrogen-bond donors (Lipinski definition) is 1. The van der Waals surface area contributed by atoms with Crippen LogP contribution in [0.15, 0.2) is 60.9 Å². The molecule has 4 rings (SSSR count). The minimum absolute atomic E-state index is 0.142. The zero-order valence-corrected chi connectivity index (χ0v) is 17.0. The molecule has 6 nitrogen and oxygen atoms in total. The highest BCUT2D eigenvalue weighted by Gasteiger charge is 2.25. The molecule has 0 radical (unpaired) electrons. The van der Waals surface area contributed by atoms with E-state index in [1.54, 1.807) is 4.90 Å². The zero-order valence-electron chi connectivity index (χ0n) is 17.0. The molecule has 0 bridgehead atoms. The smallest absolute Gasteiger partial charge is 0.272 e. The first-order chi connectivity index (χ1) is 14.6. The number of amides is 1. The molecule has 1 aliphatic rings. The molecular weight excluding hydrogens is 376 g/mol. The Morgan fingerprint density at radius 1 is 1.00 bits per heavy atom. The van der Waals surface area contributed by atoms with Crippen molar-refractivity contribution in [1.29, 1.82) is 0 Å². The maximum atomic E-state index is 12.9. The number of anilines is 1. The van der Waals surface area contributed by atoms with Crippen LogP contribution in [0.2, 0.25) is 0 Å². The summed E-state index contributed by atoms with van der Waals surface area (Å²) in [5.74, 6) is 0.710. The lowest BCUT2D eigenvalue weighted by molar-refractivity contribution is -0.120. The van der Waals surface area contributed by atoms with E-state index < -0.39 is 0 Å². The summed E-state index contributed by atoms with van der Waals surface area (Å²) in [6.07, 6.45) is 2.25. The third-order valence-corrected chi connectivity index (χ3v) is 5.39. The van der Waals surface area contributed by atoms with Gasteiger partial charge < -0.3 is 10.2 Å². The van der Waals surface area contributed by atoms with Crippen molar-refractivity contribution in [3.8, 4) is 11.1 Å². The summed E-state index contributed by atoms with van der Waals surface area (Å²) in [6.45, 7) is 3.35. The summed E-state index contributed by atoms with van der Waals surface area (Å²) in [5, 5.41) is 3.34. The Hall–Kier alpha value is -3.54. The third-order valence-electron chi connectivity index (χ3n) is 5.39. The average molecular weight is 400 g/mol. The summed E-state index contributed by atoms with van der Waals surface area (Å²) in [5.41, 5.74) is 4.56. The Morgan fingerprint density at radius 3 is 2.50 bits per heavy atom. The Kier molecular flexibility index (Phi) is 5.84. The highest BCUT2D eigenvalue weighted by molar-refractivity contribution is 5.95. The van der Waals surface area contributed by atoms with Crippen LogP contribution in [-0.4, -0.2) is 39.6 Å². The number of likely N-dealkylation sites (tertiary alicyclic amines) is 1. The van der Waals surface area contributed by atoms with Crippen LogP contribution in [0, 0.1) is 6.92 Å². The predicted molar refractivity (Wildman–Crippen MR) is 116 cm³/mol. The topological polar surface area (TPSA) is 75.2 Å². The van der Waals surface area contributed by atoms with Gasteiger partial charge in [0.25, 0.3) is 5.91 Å².